The first-order valence-electron chi connectivity index (χ1n) is 8.57. The van der Waals surface area contributed by atoms with Gasteiger partial charge in [0.2, 0.25) is 15.9 Å². The number of piperazine rings is 1. The van der Waals surface area contributed by atoms with Gasteiger partial charge in [-0.2, -0.15) is 4.31 Å². The normalized spacial score (nSPS) is 16.8. The number of sulfonamides is 1. The fraction of sp³-hybridized carbons (Fsp3) is 0.529. The van der Waals surface area contributed by atoms with Crippen LogP contribution in [-0.4, -0.2) is 73.9 Å². The second kappa shape index (κ2) is 8.68. The number of aryl methyl sites for hydroxylation is 1. The number of carbonyl (C=O) groups is 2. The van der Waals surface area contributed by atoms with Gasteiger partial charge in [0.05, 0.1) is 12.0 Å². The molecular formula is C17H25N3O6S. The summed E-state index contributed by atoms with van der Waals surface area (Å²) in [6.45, 7) is 2.60. The molecule has 2 rings (SSSR count). The van der Waals surface area contributed by atoms with Gasteiger partial charge in [-0.3, -0.25) is 9.59 Å². The molecule has 1 aliphatic heterocycles. The molecule has 1 aliphatic rings. The Morgan fingerprint density at radius 1 is 1.26 bits per heavy atom. The summed E-state index contributed by atoms with van der Waals surface area (Å²) in [7, 11) is -2.15. The van der Waals surface area contributed by atoms with Gasteiger partial charge in [0.15, 0.2) is 0 Å². The van der Waals surface area contributed by atoms with Crippen molar-refractivity contribution in [3.63, 3.8) is 0 Å². The third-order valence-electron chi connectivity index (χ3n) is 4.58. The van der Waals surface area contributed by atoms with Crippen molar-refractivity contribution < 1.29 is 27.9 Å². The molecule has 0 aromatic heterocycles. The standard InChI is InChI=1S/C17H25N3O6S/c1-12-11-13(26-2)3-5-15(12)27(24,25)20-9-7-19(8-10-20)16(21)6-4-14(18)17(22)23/h3,5,11,14H,4,6-10,18H2,1-2H3,(H,22,23)/t14-/m0/s1. The molecule has 1 fully saturated rings. The molecule has 0 aliphatic carbocycles. The third-order valence-corrected chi connectivity index (χ3v) is 6.64. The van der Waals surface area contributed by atoms with Crippen molar-refractivity contribution in [3.05, 3.63) is 23.8 Å². The molecule has 1 amide bonds. The number of benzene rings is 1. The van der Waals surface area contributed by atoms with Gasteiger partial charge in [-0.05, 0) is 37.1 Å². The average molecular weight is 399 g/mol. The van der Waals surface area contributed by atoms with Crippen LogP contribution in [0.2, 0.25) is 0 Å². The first kappa shape index (κ1) is 21.1. The van der Waals surface area contributed by atoms with Crippen LogP contribution in [0.15, 0.2) is 23.1 Å². The minimum Gasteiger partial charge on any atom is -0.497 e. The molecule has 0 unspecified atom stereocenters. The maximum atomic E-state index is 12.9. The fourth-order valence-electron chi connectivity index (χ4n) is 2.92. The van der Waals surface area contributed by atoms with Crippen molar-refractivity contribution in [2.24, 2.45) is 5.73 Å². The molecule has 1 heterocycles. The van der Waals surface area contributed by atoms with Gasteiger partial charge in [-0.15, -0.1) is 0 Å². The van der Waals surface area contributed by atoms with E-state index < -0.39 is 22.0 Å². The predicted octanol–water partition coefficient (Wildman–Crippen LogP) is 0.0286. The zero-order valence-corrected chi connectivity index (χ0v) is 16.2. The zero-order valence-electron chi connectivity index (χ0n) is 15.4. The molecule has 1 aromatic rings. The Morgan fingerprint density at radius 2 is 1.89 bits per heavy atom. The van der Waals surface area contributed by atoms with Gasteiger partial charge in [0.25, 0.3) is 0 Å². The van der Waals surface area contributed by atoms with E-state index in [-0.39, 0.29) is 49.8 Å². The predicted molar refractivity (Wildman–Crippen MR) is 97.9 cm³/mol. The van der Waals surface area contributed by atoms with Crippen LogP contribution < -0.4 is 10.5 Å². The molecule has 3 N–H and O–H groups in total. The molecule has 1 aromatic carbocycles. The van der Waals surface area contributed by atoms with Crippen molar-refractivity contribution >= 4 is 21.9 Å². The topological polar surface area (TPSA) is 130 Å². The summed E-state index contributed by atoms with van der Waals surface area (Å²) >= 11 is 0. The summed E-state index contributed by atoms with van der Waals surface area (Å²) in [6.07, 6.45) is 0.0789. The van der Waals surface area contributed by atoms with Crippen LogP contribution >= 0.6 is 0 Å². The summed E-state index contributed by atoms with van der Waals surface area (Å²) in [5.74, 6) is -0.778. The lowest BCUT2D eigenvalue weighted by Crippen LogP contribution is -2.50. The van der Waals surface area contributed by atoms with E-state index in [0.717, 1.165) is 0 Å². The molecule has 0 bridgehead atoms. The number of rotatable bonds is 7. The SMILES string of the molecule is COc1ccc(S(=O)(=O)N2CCN(C(=O)CC[C@H](N)C(=O)O)CC2)c(C)c1. The molecule has 0 radical (unpaired) electrons. The number of nitrogens with zero attached hydrogens (tertiary/aromatic N) is 2. The Balaban J connectivity index is 1.98. The van der Waals surface area contributed by atoms with Gasteiger partial charge in [-0.1, -0.05) is 0 Å². The maximum absolute atomic E-state index is 12.9. The van der Waals surface area contributed by atoms with E-state index in [2.05, 4.69) is 0 Å². The first-order valence-corrected chi connectivity index (χ1v) is 10.0. The summed E-state index contributed by atoms with van der Waals surface area (Å²) in [4.78, 5) is 24.6. The molecule has 150 valence electrons. The number of methoxy groups -OCH3 is 1. The number of nitrogens with two attached hydrogens (primary N) is 1. The van der Waals surface area contributed by atoms with E-state index in [1.54, 1.807) is 24.0 Å². The summed E-state index contributed by atoms with van der Waals surface area (Å²) in [6, 6.07) is 3.71. The molecule has 0 saturated carbocycles. The van der Waals surface area contributed by atoms with Crippen molar-refractivity contribution in [1.82, 2.24) is 9.21 Å². The van der Waals surface area contributed by atoms with Crippen molar-refractivity contribution in [3.8, 4) is 5.75 Å². The molecule has 9 nitrogen and oxygen atoms in total. The lowest BCUT2D eigenvalue weighted by Gasteiger charge is -2.34. The van der Waals surface area contributed by atoms with Gasteiger partial charge in [0, 0.05) is 32.6 Å². The van der Waals surface area contributed by atoms with E-state index in [4.69, 9.17) is 15.6 Å². The highest BCUT2D eigenvalue weighted by Crippen LogP contribution is 2.25. The van der Waals surface area contributed by atoms with Crippen LogP contribution in [0.25, 0.3) is 0 Å². The van der Waals surface area contributed by atoms with E-state index in [0.29, 0.717) is 11.3 Å². The van der Waals surface area contributed by atoms with E-state index >= 15 is 0 Å². The minimum absolute atomic E-state index is 0.0256. The van der Waals surface area contributed by atoms with E-state index in [1.807, 2.05) is 0 Å². The van der Waals surface area contributed by atoms with Gasteiger partial charge < -0.3 is 20.5 Å². The van der Waals surface area contributed by atoms with Crippen LogP contribution in [-0.2, 0) is 19.6 Å². The third kappa shape index (κ3) is 4.96. The summed E-state index contributed by atoms with van der Waals surface area (Å²) < 4.78 is 32.2. The summed E-state index contributed by atoms with van der Waals surface area (Å²) in [5, 5.41) is 8.76. The number of amides is 1. The number of carboxylic acids is 1. The Bertz CT molecular complexity index is 803. The molecule has 10 heteroatoms. The molecule has 1 atom stereocenters. The quantitative estimate of drug-likeness (QED) is 0.661. The second-order valence-corrected chi connectivity index (χ2v) is 8.31. The Hall–Kier alpha value is -2.17. The highest BCUT2D eigenvalue weighted by molar-refractivity contribution is 7.89. The number of hydrogen-bond donors (Lipinski definition) is 2. The maximum Gasteiger partial charge on any atom is 0.320 e. The molecule has 1 saturated heterocycles. The Kier molecular flexibility index (Phi) is 6.79. The largest absolute Gasteiger partial charge is 0.497 e. The Morgan fingerprint density at radius 3 is 2.41 bits per heavy atom. The number of carboxylic acid groups (broad SMARTS) is 1. The van der Waals surface area contributed by atoms with Crippen LogP contribution in [0.3, 0.4) is 0 Å². The average Bonchev–Trinajstić information content (AvgIpc) is 2.65. The molecular weight excluding hydrogens is 374 g/mol. The van der Waals surface area contributed by atoms with Crippen LogP contribution in [0.5, 0.6) is 5.75 Å². The van der Waals surface area contributed by atoms with Crippen LogP contribution in [0, 0.1) is 6.92 Å². The van der Waals surface area contributed by atoms with E-state index in [9.17, 15) is 18.0 Å². The number of aliphatic carboxylic acids is 1. The van der Waals surface area contributed by atoms with Crippen molar-refractivity contribution in [2.75, 3.05) is 33.3 Å². The number of carbonyl (C=O) groups excluding carboxylic acids is 1. The first-order chi connectivity index (χ1) is 12.7. The second-order valence-electron chi connectivity index (χ2n) is 6.40. The highest BCUT2D eigenvalue weighted by atomic mass is 32.2. The fourth-order valence-corrected chi connectivity index (χ4v) is 4.54. The number of ether oxygens (including phenoxy) is 1. The van der Waals surface area contributed by atoms with Crippen molar-refractivity contribution in [1.29, 1.82) is 0 Å². The smallest absolute Gasteiger partial charge is 0.320 e. The monoisotopic (exact) mass is 399 g/mol. The highest BCUT2D eigenvalue weighted by Gasteiger charge is 2.31. The van der Waals surface area contributed by atoms with Gasteiger partial charge >= 0.3 is 5.97 Å². The van der Waals surface area contributed by atoms with E-state index in [1.165, 1.54) is 17.5 Å². The lowest BCUT2D eigenvalue weighted by atomic mass is 10.1. The Labute approximate surface area is 158 Å². The van der Waals surface area contributed by atoms with Crippen LogP contribution in [0.4, 0.5) is 0 Å². The summed E-state index contributed by atoms with van der Waals surface area (Å²) in [5.41, 5.74) is 6.00. The van der Waals surface area contributed by atoms with Gasteiger partial charge in [0.1, 0.15) is 11.8 Å². The zero-order chi connectivity index (χ0) is 20.2. The van der Waals surface area contributed by atoms with Crippen LogP contribution in [0.1, 0.15) is 18.4 Å². The minimum atomic E-state index is -3.66. The molecule has 0 spiro atoms. The van der Waals surface area contributed by atoms with Gasteiger partial charge in [-0.25, -0.2) is 8.42 Å². The molecule has 27 heavy (non-hydrogen) atoms. The van der Waals surface area contributed by atoms with Crippen molar-refractivity contribution in [2.45, 2.75) is 30.7 Å². The number of hydrogen-bond acceptors (Lipinski definition) is 6. The lowest BCUT2D eigenvalue weighted by molar-refractivity contribution is -0.139.